The molecular formula is C9H17N. The normalized spacial score (nSPS) is 48.0. The van der Waals surface area contributed by atoms with Crippen LogP contribution in [0.1, 0.15) is 32.6 Å². The zero-order chi connectivity index (χ0) is 7.19. The van der Waals surface area contributed by atoms with E-state index in [0.717, 1.165) is 5.92 Å². The fourth-order valence-electron chi connectivity index (χ4n) is 2.78. The lowest BCUT2D eigenvalue weighted by Crippen LogP contribution is -2.39. The molecule has 0 aromatic carbocycles. The SMILES string of the molecule is CN1CCC2CCCC21C. The van der Waals surface area contributed by atoms with Gasteiger partial charge < -0.3 is 4.90 Å². The van der Waals surface area contributed by atoms with Gasteiger partial charge in [0.1, 0.15) is 0 Å². The molecular weight excluding hydrogens is 122 g/mol. The van der Waals surface area contributed by atoms with Gasteiger partial charge in [0.25, 0.3) is 0 Å². The Morgan fingerprint density at radius 1 is 1.40 bits per heavy atom. The summed E-state index contributed by atoms with van der Waals surface area (Å²) < 4.78 is 0. The van der Waals surface area contributed by atoms with Gasteiger partial charge in [-0.3, -0.25) is 0 Å². The summed E-state index contributed by atoms with van der Waals surface area (Å²) in [6.45, 7) is 3.78. The van der Waals surface area contributed by atoms with E-state index in [1.807, 2.05) is 0 Å². The lowest BCUT2D eigenvalue weighted by molar-refractivity contribution is 0.174. The van der Waals surface area contributed by atoms with Crippen LogP contribution in [0.3, 0.4) is 0 Å². The predicted molar refractivity (Wildman–Crippen MR) is 43.0 cm³/mol. The molecule has 0 aromatic heterocycles. The van der Waals surface area contributed by atoms with Gasteiger partial charge in [-0.2, -0.15) is 0 Å². The highest BCUT2D eigenvalue weighted by Crippen LogP contribution is 2.45. The molecule has 0 amide bonds. The Hall–Kier alpha value is -0.0400. The first-order valence-electron chi connectivity index (χ1n) is 4.45. The third kappa shape index (κ3) is 0.672. The molecule has 1 aliphatic heterocycles. The minimum atomic E-state index is 0.597. The molecule has 1 saturated heterocycles. The standard InChI is InChI=1S/C9H17N/c1-9-6-3-4-8(9)5-7-10(9)2/h8H,3-7H2,1-2H3. The molecule has 2 unspecified atom stereocenters. The summed E-state index contributed by atoms with van der Waals surface area (Å²) in [7, 11) is 2.28. The highest BCUT2D eigenvalue weighted by atomic mass is 15.2. The summed E-state index contributed by atoms with van der Waals surface area (Å²) in [5.41, 5.74) is 0.597. The number of fused-ring (bicyclic) bond motifs is 1. The molecule has 10 heavy (non-hydrogen) atoms. The minimum Gasteiger partial charge on any atom is -0.301 e. The van der Waals surface area contributed by atoms with Crippen LogP contribution >= 0.6 is 0 Å². The van der Waals surface area contributed by atoms with E-state index in [2.05, 4.69) is 18.9 Å². The van der Waals surface area contributed by atoms with Crippen LogP contribution in [0.5, 0.6) is 0 Å². The minimum absolute atomic E-state index is 0.597. The number of hydrogen-bond acceptors (Lipinski definition) is 1. The van der Waals surface area contributed by atoms with Crippen LogP contribution in [-0.4, -0.2) is 24.0 Å². The molecule has 2 atom stereocenters. The Morgan fingerprint density at radius 3 is 2.90 bits per heavy atom. The molecule has 1 heteroatoms. The Morgan fingerprint density at radius 2 is 2.20 bits per heavy atom. The van der Waals surface area contributed by atoms with Gasteiger partial charge in [0, 0.05) is 5.54 Å². The highest BCUT2D eigenvalue weighted by Gasteiger charge is 2.45. The van der Waals surface area contributed by atoms with E-state index in [-0.39, 0.29) is 0 Å². The van der Waals surface area contributed by atoms with E-state index >= 15 is 0 Å². The maximum Gasteiger partial charge on any atom is 0.0207 e. The van der Waals surface area contributed by atoms with Crippen molar-refractivity contribution in [3.8, 4) is 0 Å². The van der Waals surface area contributed by atoms with Crippen LogP contribution in [0, 0.1) is 5.92 Å². The third-order valence-electron chi connectivity index (χ3n) is 3.80. The van der Waals surface area contributed by atoms with Crippen LogP contribution in [0.25, 0.3) is 0 Å². The molecule has 2 aliphatic rings. The van der Waals surface area contributed by atoms with Crippen molar-refractivity contribution in [2.24, 2.45) is 5.92 Å². The molecule has 2 fully saturated rings. The van der Waals surface area contributed by atoms with Crippen molar-refractivity contribution < 1.29 is 0 Å². The predicted octanol–water partition coefficient (Wildman–Crippen LogP) is 1.88. The van der Waals surface area contributed by atoms with E-state index in [0.29, 0.717) is 5.54 Å². The first kappa shape index (κ1) is 6.66. The van der Waals surface area contributed by atoms with E-state index in [1.165, 1.54) is 32.2 Å². The topological polar surface area (TPSA) is 3.24 Å². The Kier molecular flexibility index (Phi) is 1.31. The molecule has 1 nitrogen and oxygen atoms in total. The van der Waals surface area contributed by atoms with Crippen LogP contribution < -0.4 is 0 Å². The molecule has 0 N–H and O–H groups in total. The monoisotopic (exact) mass is 139 g/mol. The first-order chi connectivity index (χ1) is 4.73. The summed E-state index contributed by atoms with van der Waals surface area (Å²) in [4.78, 5) is 2.56. The lowest BCUT2D eigenvalue weighted by Gasteiger charge is -2.31. The Bertz CT molecular complexity index is 144. The quantitative estimate of drug-likeness (QED) is 0.495. The summed E-state index contributed by atoms with van der Waals surface area (Å²) in [5, 5.41) is 0. The van der Waals surface area contributed by atoms with Crippen molar-refractivity contribution in [1.82, 2.24) is 4.90 Å². The number of likely N-dealkylation sites (tertiary alicyclic amines) is 1. The van der Waals surface area contributed by atoms with Gasteiger partial charge in [-0.1, -0.05) is 6.42 Å². The van der Waals surface area contributed by atoms with Crippen LogP contribution in [-0.2, 0) is 0 Å². The van der Waals surface area contributed by atoms with Crippen molar-refractivity contribution in [3.63, 3.8) is 0 Å². The van der Waals surface area contributed by atoms with Gasteiger partial charge in [-0.25, -0.2) is 0 Å². The fraction of sp³-hybridized carbons (Fsp3) is 1.00. The summed E-state index contributed by atoms with van der Waals surface area (Å²) >= 11 is 0. The number of nitrogens with zero attached hydrogens (tertiary/aromatic N) is 1. The van der Waals surface area contributed by atoms with Gasteiger partial charge in [-0.15, -0.1) is 0 Å². The molecule has 0 spiro atoms. The van der Waals surface area contributed by atoms with Gasteiger partial charge in [0.05, 0.1) is 0 Å². The summed E-state index contributed by atoms with van der Waals surface area (Å²) in [5.74, 6) is 1.03. The average Bonchev–Trinajstić information content (AvgIpc) is 2.36. The Balaban J connectivity index is 2.21. The summed E-state index contributed by atoms with van der Waals surface area (Å²) in [6, 6.07) is 0. The lowest BCUT2D eigenvalue weighted by atomic mass is 9.91. The van der Waals surface area contributed by atoms with Crippen molar-refractivity contribution >= 4 is 0 Å². The van der Waals surface area contributed by atoms with Gasteiger partial charge in [0.2, 0.25) is 0 Å². The molecule has 58 valence electrons. The van der Waals surface area contributed by atoms with Gasteiger partial charge in [-0.05, 0) is 45.7 Å². The second kappa shape index (κ2) is 1.97. The fourth-order valence-corrected chi connectivity index (χ4v) is 2.78. The first-order valence-corrected chi connectivity index (χ1v) is 4.45. The zero-order valence-electron chi connectivity index (χ0n) is 7.06. The van der Waals surface area contributed by atoms with Crippen LogP contribution in [0.15, 0.2) is 0 Å². The second-order valence-electron chi connectivity index (χ2n) is 4.16. The van der Waals surface area contributed by atoms with Crippen molar-refractivity contribution in [2.75, 3.05) is 13.6 Å². The zero-order valence-corrected chi connectivity index (χ0v) is 7.06. The van der Waals surface area contributed by atoms with E-state index < -0.39 is 0 Å². The van der Waals surface area contributed by atoms with Crippen molar-refractivity contribution in [2.45, 2.75) is 38.1 Å². The molecule has 0 bridgehead atoms. The molecule has 2 rings (SSSR count). The molecule has 1 aliphatic carbocycles. The van der Waals surface area contributed by atoms with Gasteiger partial charge in [0.15, 0.2) is 0 Å². The smallest absolute Gasteiger partial charge is 0.0207 e. The molecule has 0 radical (unpaired) electrons. The van der Waals surface area contributed by atoms with Gasteiger partial charge >= 0.3 is 0 Å². The summed E-state index contributed by atoms with van der Waals surface area (Å²) in [6.07, 6.45) is 5.84. The molecule has 1 heterocycles. The van der Waals surface area contributed by atoms with E-state index in [1.54, 1.807) is 0 Å². The van der Waals surface area contributed by atoms with E-state index in [4.69, 9.17) is 0 Å². The number of rotatable bonds is 0. The van der Waals surface area contributed by atoms with Crippen molar-refractivity contribution in [3.05, 3.63) is 0 Å². The third-order valence-corrected chi connectivity index (χ3v) is 3.80. The molecule has 1 saturated carbocycles. The van der Waals surface area contributed by atoms with Crippen LogP contribution in [0.4, 0.5) is 0 Å². The maximum absolute atomic E-state index is 2.56. The Labute approximate surface area is 63.4 Å². The highest BCUT2D eigenvalue weighted by molar-refractivity contribution is 5.00. The van der Waals surface area contributed by atoms with Crippen molar-refractivity contribution in [1.29, 1.82) is 0 Å². The second-order valence-corrected chi connectivity index (χ2v) is 4.16. The largest absolute Gasteiger partial charge is 0.301 e. The maximum atomic E-state index is 2.56. The average molecular weight is 139 g/mol. The number of hydrogen-bond donors (Lipinski definition) is 0. The molecule has 0 aromatic rings. The van der Waals surface area contributed by atoms with Crippen LogP contribution in [0.2, 0.25) is 0 Å². The van der Waals surface area contributed by atoms with E-state index in [9.17, 15) is 0 Å².